The second kappa shape index (κ2) is 6.91. The lowest BCUT2D eigenvalue weighted by Crippen LogP contribution is -2.17. The smallest absolute Gasteiger partial charge is 0.290 e. The summed E-state index contributed by atoms with van der Waals surface area (Å²) in [5, 5.41) is 1.80. The van der Waals surface area contributed by atoms with Crippen LogP contribution in [-0.2, 0) is 13.8 Å². The molecule has 1 aliphatic heterocycles. The molecule has 1 aliphatic rings. The molecule has 0 atom stereocenters. The van der Waals surface area contributed by atoms with Crippen LogP contribution in [0.5, 0.6) is 11.5 Å². The van der Waals surface area contributed by atoms with Crippen LogP contribution in [0.2, 0.25) is 0 Å². The van der Waals surface area contributed by atoms with Gasteiger partial charge in [0.25, 0.3) is 20.2 Å². The number of carbonyl (C=O) groups excluding carboxylic acids is 2. The summed E-state index contributed by atoms with van der Waals surface area (Å²) in [6, 6.07) is 12.5. The van der Waals surface area contributed by atoms with Gasteiger partial charge in [0.15, 0.2) is 0 Å². The topological polar surface area (TPSA) is 89.5 Å². The Bertz CT molecular complexity index is 967. The molecule has 0 spiro atoms. The van der Waals surface area contributed by atoms with Gasteiger partial charge < -0.3 is 4.74 Å². The fourth-order valence-corrected chi connectivity index (χ4v) is 3.46. The number of halogens is 1. The van der Waals surface area contributed by atoms with E-state index in [1.165, 1.54) is 24.3 Å². The first-order valence-electron chi connectivity index (χ1n) is 6.89. The average Bonchev–Trinajstić information content (AvgIpc) is 2.86. The molecule has 1 fully saturated rings. The summed E-state index contributed by atoms with van der Waals surface area (Å²) in [7, 11) is 1.49. The third-order valence-corrected chi connectivity index (χ3v) is 5.34. The molecule has 1 heterocycles. The summed E-state index contributed by atoms with van der Waals surface area (Å²) < 4.78 is 28.0. The molecule has 9 heteroatoms. The van der Waals surface area contributed by atoms with Crippen LogP contribution in [0, 0.1) is 0 Å². The van der Waals surface area contributed by atoms with Crippen molar-refractivity contribution in [1.29, 1.82) is 0 Å². The lowest BCUT2D eigenvalue weighted by molar-refractivity contribution is -0.115. The number of benzene rings is 2. The van der Waals surface area contributed by atoms with E-state index in [-0.39, 0.29) is 4.90 Å². The second-order valence-corrected chi connectivity index (χ2v) is 8.51. The van der Waals surface area contributed by atoms with Gasteiger partial charge in [-0.15, -0.1) is 0 Å². The van der Waals surface area contributed by atoms with Crippen molar-refractivity contribution in [2.75, 3.05) is 0 Å². The number of amides is 2. The fourth-order valence-electron chi connectivity index (χ4n) is 2.01. The van der Waals surface area contributed by atoms with Crippen LogP contribution in [0.3, 0.4) is 0 Å². The number of rotatable bonds is 4. The molecule has 0 saturated carbocycles. The minimum atomic E-state index is -3.77. The number of thioether (sulfide) groups is 1. The van der Waals surface area contributed by atoms with Gasteiger partial charge in [-0.05, 0) is 59.8 Å². The number of nitrogens with one attached hydrogen (secondary N) is 1. The maximum absolute atomic E-state index is 11.5. The molecule has 2 aromatic rings. The molecule has 2 aromatic carbocycles. The van der Waals surface area contributed by atoms with E-state index >= 15 is 0 Å². The fraction of sp³-hybridized carbons (Fsp3) is 0. The van der Waals surface area contributed by atoms with Crippen molar-refractivity contribution in [1.82, 2.24) is 5.32 Å². The SMILES string of the molecule is O=C1NC(=O)C(=Cc2ccc(Oc3ccc(S(=O)(=O)Cl)cc3)cc2)S1. The first kappa shape index (κ1) is 17.5. The summed E-state index contributed by atoms with van der Waals surface area (Å²) in [4.78, 5) is 22.9. The Hall–Kier alpha value is -2.29. The van der Waals surface area contributed by atoms with Gasteiger partial charge in [-0.1, -0.05) is 12.1 Å². The third-order valence-electron chi connectivity index (χ3n) is 3.16. The van der Waals surface area contributed by atoms with Crippen molar-refractivity contribution in [2.45, 2.75) is 4.90 Å². The lowest BCUT2D eigenvalue weighted by Gasteiger charge is -2.06. The maximum atomic E-state index is 11.5. The summed E-state index contributed by atoms with van der Waals surface area (Å²) in [6.07, 6.45) is 1.61. The maximum Gasteiger partial charge on any atom is 0.290 e. The molecule has 25 heavy (non-hydrogen) atoms. The molecule has 0 bridgehead atoms. The minimum absolute atomic E-state index is 0.00891. The Morgan fingerprint density at radius 1 is 0.960 bits per heavy atom. The van der Waals surface area contributed by atoms with E-state index in [2.05, 4.69) is 5.32 Å². The van der Waals surface area contributed by atoms with E-state index in [0.717, 1.165) is 17.3 Å². The minimum Gasteiger partial charge on any atom is -0.457 e. The zero-order chi connectivity index (χ0) is 18.0. The van der Waals surface area contributed by atoms with Crippen LogP contribution >= 0.6 is 22.4 Å². The van der Waals surface area contributed by atoms with Gasteiger partial charge in [-0.3, -0.25) is 14.9 Å². The first-order chi connectivity index (χ1) is 11.8. The Kier molecular flexibility index (Phi) is 4.85. The summed E-state index contributed by atoms with van der Waals surface area (Å²) in [5.41, 5.74) is 0.739. The van der Waals surface area contributed by atoms with Gasteiger partial charge >= 0.3 is 0 Å². The van der Waals surface area contributed by atoms with Crippen molar-refractivity contribution in [3.63, 3.8) is 0 Å². The van der Waals surface area contributed by atoms with E-state index in [1.54, 1.807) is 30.3 Å². The Labute approximate surface area is 152 Å². The van der Waals surface area contributed by atoms with E-state index in [4.69, 9.17) is 15.4 Å². The third kappa shape index (κ3) is 4.41. The van der Waals surface area contributed by atoms with Crippen molar-refractivity contribution in [3.8, 4) is 11.5 Å². The number of carbonyl (C=O) groups is 2. The van der Waals surface area contributed by atoms with Crippen LogP contribution in [-0.4, -0.2) is 19.6 Å². The van der Waals surface area contributed by atoms with E-state index < -0.39 is 20.2 Å². The lowest BCUT2D eigenvalue weighted by atomic mass is 10.2. The second-order valence-electron chi connectivity index (χ2n) is 4.93. The normalized spacial score (nSPS) is 16.1. The highest BCUT2D eigenvalue weighted by molar-refractivity contribution is 8.18. The molecule has 1 N–H and O–H groups in total. The molecule has 6 nitrogen and oxygen atoms in total. The Morgan fingerprint density at radius 3 is 2.00 bits per heavy atom. The highest BCUT2D eigenvalue weighted by atomic mass is 35.7. The molecule has 0 aliphatic carbocycles. The average molecular weight is 396 g/mol. The van der Waals surface area contributed by atoms with Crippen LogP contribution in [0.15, 0.2) is 58.3 Å². The van der Waals surface area contributed by atoms with Crippen LogP contribution in [0.4, 0.5) is 4.79 Å². The predicted octanol–water partition coefficient (Wildman–Crippen LogP) is 3.73. The number of hydrogen-bond acceptors (Lipinski definition) is 6. The Morgan fingerprint density at radius 2 is 1.52 bits per heavy atom. The predicted molar refractivity (Wildman–Crippen MR) is 95.1 cm³/mol. The van der Waals surface area contributed by atoms with Gasteiger partial charge in [-0.25, -0.2) is 8.42 Å². The van der Waals surface area contributed by atoms with Gasteiger partial charge in [-0.2, -0.15) is 0 Å². The van der Waals surface area contributed by atoms with Crippen LogP contribution in [0.1, 0.15) is 5.56 Å². The first-order valence-corrected chi connectivity index (χ1v) is 10.0. The highest BCUT2D eigenvalue weighted by Crippen LogP contribution is 2.27. The zero-order valence-corrected chi connectivity index (χ0v) is 14.8. The van der Waals surface area contributed by atoms with E-state index in [1.807, 2.05) is 0 Å². The van der Waals surface area contributed by atoms with Crippen LogP contribution in [0.25, 0.3) is 6.08 Å². The van der Waals surface area contributed by atoms with Crippen molar-refractivity contribution in [3.05, 3.63) is 59.0 Å². The quantitative estimate of drug-likeness (QED) is 0.626. The van der Waals surface area contributed by atoms with E-state index in [9.17, 15) is 18.0 Å². The summed E-state index contributed by atoms with van der Waals surface area (Å²) in [6.45, 7) is 0. The molecule has 2 amide bonds. The Balaban J connectivity index is 1.72. The van der Waals surface area contributed by atoms with Gasteiger partial charge in [0.05, 0.1) is 9.80 Å². The van der Waals surface area contributed by atoms with Crippen molar-refractivity contribution in [2.24, 2.45) is 0 Å². The number of imide groups is 1. The molecule has 1 saturated heterocycles. The largest absolute Gasteiger partial charge is 0.457 e. The summed E-state index contributed by atoms with van der Waals surface area (Å²) >= 11 is 0.849. The molecule has 128 valence electrons. The van der Waals surface area contributed by atoms with Crippen molar-refractivity contribution >= 4 is 48.7 Å². The molecule has 0 aromatic heterocycles. The molecule has 0 unspecified atom stereocenters. The van der Waals surface area contributed by atoms with Crippen LogP contribution < -0.4 is 10.1 Å². The molecule has 0 radical (unpaired) electrons. The molecule has 3 rings (SSSR count). The zero-order valence-electron chi connectivity index (χ0n) is 12.4. The molecular formula is C16H10ClNO5S2. The standard InChI is InChI=1S/C16H10ClNO5S2/c17-25(21,22)13-7-5-12(6-8-13)23-11-3-1-10(2-4-11)9-14-15(19)18-16(20)24-14/h1-9H,(H,18,19,20). The number of hydrogen-bond donors (Lipinski definition) is 1. The molecular weight excluding hydrogens is 386 g/mol. The van der Waals surface area contributed by atoms with Gasteiger partial charge in [0.1, 0.15) is 11.5 Å². The van der Waals surface area contributed by atoms with Gasteiger partial charge in [0.2, 0.25) is 0 Å². The monoisotopic (exact) mass is 395 g/mol. The number of ether oxygens (including phenoxy) is 1. The highest BCUT2D eigenvalue weighted by Gasteiger charge is 2.24. The van der Waals surface area contributed by atoms with Gasteiger partial charge in [0, 0.05) is 10.7 Å². The van der Waals surface area contributed by atoms with Crippen molar-refractivity contribution < 1.29 is 22.7 Å². The van der Waals surface area contributed by atoms with E-state index in [0.29, 0.717) is 16.4 Å². The summed E-state index contributed by atoms with van der Waals surface area (Å²) in [5.74, 6) is 0.569.